The zero-order valence-electron chi connectivity index (χ0n) is 30.9. The van der Waals surface area contributed by atoms with Crippen LogP contribution in [0.5, 0.6) is 0 Å². The Morgan fingerprint density at radius 1 is 0.927 bits per heavy atom. The van der Waals surface area contributed by atoms with Crippen molar-refractivity contribution in [3.63, 3.8) is 0 Å². The average molecular weight is 817 g/mol. The van der Waals surface area contributed by atoms with E-state index in [2.05, 4.69) is 15.9 Å². The van der Waals surface area contributed by atoms with Crippen molar-refractivity contribution in [1.82, 2.24) is 4.90 Å². The van der Waals surface area contributed by atoms with Crippen molar-refractivity contribution in [2.45, 2.75) is 69.2 Å². The Morgan fingerprint density at radius 3 is 2.38 bits per heavy atom. The molecule has 5 aromatic carbocycles. The molecule has 1 spiro atoms. The summed E-state index contributed by atoms with van der Waals surface area (Å²) in [5.74, 6) is -0.907. The molecule has 0 unspecified atom stereocenters. The fraction of sp³-hybridized carbons (Fsp3) is 0.295. The second-order valence-corrected chi connectivity index (χ2v) is 20.8. The quantitative estimate of drug-likeness (QED) is 0.164. The van der Waals surface area contributed by atoms with Crippen LogP contribution >= 0.6 is 15.9 Å². The number of benzene rings is 5. The lowest BCUT2D eigenvalue weighted by molar-refractivity contribution is -0.151. The van der Waals surface area contributed by atoms with Gasteiger partial charge in [-0.2, -0.15) is 0 Å². The maximum Gasteiger partial charge on any atom is 0.264 e. The lowest BCUT2D eigenvalue weighted by Crippen LogP contribution is -2.48. The summed E-state index contributed by atoms with van der Waals surface area (Å²) in [5.41, 5.74) is 4.90. The summed E-state index contributed by atoms with van der Waals surface area (Å²) in [6, 6.07) is 32.8. The number of nitrogens with zero attached hydrogens (tertiary/aromatic N) is 3. The van der Waals surface area contributed by atoms with Crippen LogP contribution in [-0.2, 0) is 39.4 Å². The van der Waals surface area contributed by atoms with Crippen LogP contribution in [0.25, 0.3) is 10.8 Å². The topological polar surface area (TPSA) is 111 Å². The summed E-state index contributed by atoms with van der Waals surface area (Å²) < 4.78 is 7.78. The molecule has 0 radical (unpaired) electrons. The summed E-state index contributed by atoms with van der Waals surface area (Å²) in [7, 11) is -3.03. The Labute approximate surface area is 329 Å². The van der Waals surface area contributed by atoms with Crippen LogP contribution in [0.15, 0.2) is 108 Å². The molecule has 11 heteroatoms. The summed E-state index contributed by atoms with van der Waals surface area (Å²) in [6.07, 6.45) is -0.175. The molecule has 4 aliphatic rings. The minimum atomic E-state index is -3.03. The molecule has 5 atom stereocenters. The van der Waals surface area contributed by atoms with Crippen LogP contribution in [0.3, 0.4) is 0 Å². The first kappa shape index (κ1) is 36.0. The van der Waals surface area contributed by atoms with Crippen LogP contribution in [0.4, 0.5) is 17.1 Å². The third kappa shape index (κ3) is 5.62. The first-order valence-electron chi connectivity index (χ1n) is 18.8. The average Bonchev–Trinajstić information content (AvgIpc) is 3.72. The molecule has 0 saturated carbocycles. The van der Waals surface area contributed by atoms with E-state index in [1.165, 1.54) is 0 Å². The number of amides is 3. The number of ether oxygens (including phenoxy) is 1. The molecular formula is C44H42BrN3O6Si. The molecule has 0 bridgehead atoms. The van der Waals surface area contributed by atoms with E-state index >= 15 is 4.79 Å². The predicted octanol–water partition coefficient (Wildman–Crippen LogP) is 7.57. The summed E-state index contributed by atoms with van der Waals surface area (Å²) in [4.78, 5) is 59.9. The van der Waals surface area contributed by atoms with E-state index < -0.39 is 31.5 Å². The molecule has 2 N–H and O–H groups in total. The Morgan fingerprint density at radius 2 is 1.65 bits per heavy atom. The highest BCUT2D eigenvalue weighted by Gasteiger charge is 2.66. The number of carbonyl (C=O) groups excluding carboxylic acids is 3. The molecule has 1 saturated heterocycles. The smallest absolute Gasteiger partial charge is 0.264 e. The number of anilines is 3. The third-order valence-electron chi connectivity index (χ3n) is 12.3. The van der Waals surface area contributed by atoms with Crippen molar-refractivity contribution >= 4 is 69.8 Å². The van der Waals surface area contributed by atoms with E-state index in [4.69, 9.17) is 4.74 Å². The summed E-state index contributed by atoms with van der Waals surface area (Å²) in [5, 5.41) is 12.3. The van der Waals surface area contributed by atoms with Crippen molar-refractivity contribution in [2.24, 2.45) is 5.92 Å². The van der Waals surface area contributed by atoms with Gasteiger partial charge in [-0.15, -0.1) is 0 Å². The highest BCUT2D eigenvalue weighted by Crippen LogP contribution is 2.60. The van der Waals surface area contributed by atoms with Gasteiger partial charge >= 0.3 is 0 Å². The van der Waals surface area contributed by atoms with Crippen molar-refractivity contribution < 1.29 is 29.0 Å². The maximum atomic E-state index is 15.0. The normalized spacial score (nSPS) is 24.3. The van der Waals surface area contributed by atoms with E-state index in [0.717, 1.165) is 49.0 Å². The predicted molar refractivity (Wildman–Crippen MR) is 218 cm³/mol. The van der Waals surface area contributed by atoms with Gasteiger partial charge in [-0.1, -0.05) is 83.5 Å². The van der Waals surface area contributed by atoms with Gasteiger partial charge in [0.25, 0.3) is 11.8 Å². The molecule has 4 aliphatic heterocycles. The van der Waals surface area contributed by atoms with Crippen LogP contribution < -0.4 is 9.80 Å². The lowest BCUT2D eigenvalue weighted by atomic mass is 9.82. The molecule has 3 amide bonds. The third-order valence-corrected chi connectivity index (χ3v) is 15.3. The largest absolute Gasteiger partial charge is 0.432 e. The van der Waals surface area contributed by atoms with Crippen LogP contribution in [0, 0.1) is 5.92 Å². The second kappa shape index (κ2) is 13.2. The molecule has 0 aliphatic carbocycles. The van der Waals surface area contributed by atoms with E-state index in [-0.39, 0.29) is 43.3 Å². The van der Waals surface area contributed by atoms with Crippen LogP contribution in [0.1, 0.15) is 46.0 Å². The Kier molecular flexibility index (Phi) is 8.67. The molecule has 9 nitrogen and oxygen atoms in total. The number of aliphatic hydroxyl groups is 1. The number of halogens is 1. The highest BCUT2D eigenvalue weighted by molar-refractivity contribution is 9.10. The van der Waals surface area contributed by atoms with Crippen LogP contribution in [0.2, 0.25) is 18.6 Å². The van der Waals surface area contributed by atoms with E-state index in [9.17, 15) is 19.5 Å². The van der Waals surface area contributed by atoms with Gasteiger partial charge in [0.2, 0.25) is 5.91 Å². The van der Waals surface area contributed by atoms with Gasteiger partial charge in [0, 0.05) is 39.1 Å². The molecule has 55 heavy (non-hydrogen) atoms. The molecule has 9 rings (SSSR count). The molecule has 280 valence electrons. The number of fused-ring (bicyclic) bond motifs is 3. The number of hydrogen-bond acceptors (Lipinski definition) is 6. The first-order chi connectivity index (χ1) is 26.4. The van der Waals surface area contributed by atoms with Gasteiger partial charge in [-0.25, -0.2) is 0 Å². The Bertz CT molecular complexity index is 2390. The van der Waals surface area contributed by atoms with Gasteiger partial charge in [-0.3, -0.25) is 19.3 Å². The second-order valence-electron chi connectivity index (χ2n) is 15.9. The number of hydrogen-bond donors (Lipinski definition) is 2. The number of rotatable bonds is 7. The van der Waals surface area contributed by atoms with E-state index in [0.29, 0.717) is 24.1 Å². The molecule has 0 aromatic heterocycles. The van der Waals surface area contributed by atoms with E-state index in [1.807, 2.05) is 123 Å². The summed E-state index contributed by atoms with van der Waals surface area (Å²) in [6.45, 7) is 6.16. The van der Waals surface area contributed by atoms with Gasteiger partial charge in [0.05, 0.1) is 48.7 Å². The zero-order chi connectivity index (χ0) is 38.4. The van der Waals surface area contributed by atoms with Gasteiger partial charge in [0.1, 0.15) is 0 Å². The van der Waals surface area contributed by atoms with Gasteiger partial charge < -0.3 is 24.4 Å². The van der Waals surface area contributed by atoms with Crippen molar-refractivity contribution in [2.75, 3.05) is 16.4 Å². The number of aliphatic hydroxyl groups excluding tert-OH is 1. The highest BCUT2D eigenvalue weighted by atomic mass is 79.9. The fourth-order valence-corrected chi connectivity index (χ4v) is 12.8. The van der Waals surface area contributed by atoms with Gasteiger partial charge in [-0.05, 0) is 84.1 Å². The SMILES string of the molecule is C[C@H]1[C@H]([Si](C)(C)O)[C@@H](CC(=O)N2Cc3ccccc3C[C@H]2CO)O[C@]12C(=O)N(Cc1ccc(N3C(=O)c4cccc5cccc3c45)cc1)c1ccc(Br)cc12. The fourth-order valence-electron chi connectivity index (χ4n) is 9.84. The zero-order valence-corrected chi connectivity index (χ0v) is 33.5. The van der Waals surface area contributed by atoms with E-state index in [1.54, 1.807) is 14.7 Å². The van der Waals surface area contributed by atoms with Crippen molar-refractivity contribution in [3.05, 3.63) is 135 Å². The first-order valence-corrected chi connectivity index (χ1v) is 22.7. The monoisotopic (exact) mass is 815 g/mol. The standard InChI is InChI=1S/C44H42BrN3O6Si/c1-26-41(55(2,3)53)38(22-39(50)46-24-30-9-5-4-8-29(30)20-33(46)25-49)54-44(26)35-21-31(45)16-19-36(35)47(43(44)52)23-27-14-17-32(18-15-27)48-37-13-7-11-28-10-6-12-34(40(28)37)42(48)51/h4-19,21,26,33,38,41,49,53H,20,22-25H2,1-3H3/t26-,33-,38+,41-,44+/m0/s1. The number of carbonyl (C=O) groups is 3. The molecule has 4 heterocycles. The minimum absolute atomic E-state index is 0.0166. The minimum Gasteiger partial charge on any atom is -0.432 e. The summed E-state index contributed by atoms with van der Waals surface area (Å²) >= 11 is 3.64. The molecular weight excluding hydrogens is 774 g/mol. The van der Waals surface area contributed by atoms with Gasteiger partial charge in [0.15, 0.2) is 13.9 Å². The van der Waals surface area contributed by atoms with Crippen molar-refractivity contribution in [1.29, 1.82) is 0 Å². The Hall–Kier alpha value is -4.65. The molecule has 1 fully saturated rings. The van der Waals surface area contributed by atoms with Crippen LogP contribution in [-0.4, -0.2) is 59.6 Å². The lowest BCUT2D eigenvalue weighted by Gasteiger charge is -2.37. The maximum absolute atomic E-state index is 15.0. The molecule has 5 aromatic rings. The Balaban J connectivity index is 1.01. The van der Waals surface area contributed by atoms with Crippen molar-refractivity contribution in [3.8, 4) is 0 Å².